The molecule has 138 valence electrons. The fourth-order valence-electron chi connectivity index (χ4n) is 3.43. The Labute approximate surface area is 154 Å². The number of nitriles is 1. The monoisotopic (exact) mass is 383 g/mol. The number of halogens is 4. The standard InChI is InChI=1S/C18H17ClF3N3O/c1-10(2)26-9-17(18(20,21)22)13-5-11(7-23)3-4-15(13)25-16-14(17)6-12(19)8-24-16/h3-6,8,10,14,16,25H,9H2,1-2H3/t14-,16?,17?/m0/s1. The average Bonchev–Trinajstić information content (AvgIpc) is 2.57. The second kappa shape index (κ2) is 6.60. The Hall–Kier alpha value is -2.04. The van der Waals surface area contributed by atoms with Crippen LogP contribution in [-0.2, 0) is 10.2 Å². The van der Waals surface area contributed by atoms with Gasteiger partial charge in [-0.1, -0.05) is 17.7 Å². The summed E-state index contributed by atoms with van der Waals surface area (Å²) in [5.74, 6) is -1.10. The molecule has 2 unspecified atom stereocenters. The van der Waals surface area contributed by atoms with Gasteiger partial charge in [-0.3, -0.25) is 4.99 Å². The average molecular weight is 384 g/mol. The molecule has 0 amide bonds. The van der Waals surface area contributed by atoms with Gasteiger partial charge >= 0.3 is 6.18 Å². The Morgan fingerprint density at radius 3 is 2.77 bits per heavy atom. The molecule has 0 spiro atoms. The van der Waals surface area contributed by atoms with Crippen molar-refractivity contribution in [3.8, 4) is 6.07 Å². The molecule has 0 aromatic heterocycles. The zero-order chi connectivity index (χ0) is 19.1. The highest BCUT2D eigenvalue weighted by Gasteiger charge is 2.64. The molecule has 1 aromatic carbocycles. The minimum atomic E-state index is -4.64. The Kier molecular flexibility index (Phi) is 4.76. The summed E-state index contributed by atoms with van der Waals surface area (Å²) in [6.07, 6.45) is -3.15. The number of alkyl halides is 3. The first-order valence-corrected chi connectivity index (χ1v) is 8.47. The lowest BCUT2D eigenvalue weighted by Gasteiger charge is -2.49. The molecule has 0 radical (unpaired) electrons. The summed E-state index contributed by atoms with van der Waals surface area (Å²) < 4.78 is 49.1. The summed E-state index contributed by atoms with van der Waals surface area (Å²) >= 11 is 5.99. The molecule has 0 saturated carbocycles. The van der Waals surface area contributed by atoms with E-state index in [4.69, 9.17) is 21.6 Å². The maximum absolute atomic E-state index is 14.5. The number of nitrogens with zero attached hydrogens (tertiary/aromatic N) is 2. The van der Waals surface area contributed by atoms with E-state index in [2.05, 4.69) is 10.3 Å². The van der Waals surface area contributed by atoms with Gasteiger partial charge in [0.2, 0.25) is 0 Å². The highest BCUT2D eigenvalue weighted by Crippen LogP contribution is 2.55. The minimum Gasteiger partial charge on any atom is -0.377 e. The Bertz CT molecular complexity index is 813. The maximum Gasteiger partial charge on any atom is 0.401 e. The van der Waals surface area contributed by atoms with Crippen molar-refractivity contribution in [2.75, 3.05) is 11.9 Å². The lowest BCUT2D eigenvalue weighted by Crippen LogP contribution is -2.59. The third kappa shape index (κ3) is 2.97. The van der Waals surface area contributed by atoms with Crippen LogP contribution in [-0.4, -0.2) is 31.3 Å². The second-order valence-electron chi connectivity index (χ2n) is 6.65. The van der Waals surface area contributed by atoms with E-state index < -0.39 is 36.4 Å². The molecule has 0 bridgehead atoms. The minimum absolute atomic E-state index is 0.0243. The number of ether oxygens (including phenoxy) is 1. The van der Waals surface area contributed by atoms with Crippen LogP contribution >= 0.6 is 11.6 Å². The van der Waals surface area contributed by atoms with Crippen molar-refractivity contribution in [2.24, 2.45) is 10.9 Å². The first-order valence-electron chi connectivity index (χ1n) is 8.09. The van der Waals surface area contributed by atoms with Crippen molar-refractivity contribution in [2.45, 2.75) is 37.7 Å². The lowest BCUT2D eigenvalue weighted by molar-refractivity contribution is -0.222. The molecule has 3 atom stereocenters. The number of allylic oxidation sites excluding steroid dienone is 1. The molecule has 1 aromatic rings. The summed E-state index contributed by atoms with van der Waals surface area (Å²) in [5.41, 5.74) is -1.95. The molecule has 0 fully saturated rings. The number of nitrogens with one attached hydrogen (secondary N) is 1. The number of anilines is 1. The molecule has 1 N–H and O–H groups in total. The van der Waals surface area contributed by atoms with Gasteiger partial charge < -0.3 is 10.1 Å². The van der Waals surface area contributed by atoms with Crippen molar-refractivity contribution in [3.05, 3.63) is 40.4 Å². The van der Waals surface area contributed by atoms with Crippen LogP contribution in [0.5, 0.6) is 0 Å². The van der Waals surface area contributed by atoms with Gasteiger partial charge in [-0.05, 0) is 37.6 Å². The molecule has 2 heterocycles. The van der Waals surface area contributed by atoms with E-state index in [1.807, 2.05) is 6.07 Å². The topological polar surface area (TPSA) is 57.4 Å². The van der Waals surface area contributed by atoms with Crippen LogP contribution in [0, 0.1) is 17.2 Å². The number of aliphatic imine (C=N–C) groups is 1. The molecule has 0 aliphatic carbocycles. The highest BCUT2D eigenvalue weighted by molar-refractivity contribution is 6.39. The van der Waals surface area contributed by atoms with Crippen LogP contribution in [0.15, 0.2) is 34.3 Å². The summed E-state index contributed by atoms with van der Waals surface area (Å²) in [5, 5.41) is 12.3. The van der Waals surface area contributed by atoms with Gasteiger partial charge in [-0.2, -0.15) is 18.4 Å². The van der Waals surface area contributed by atoms with Crippen LogP contribution in [0.3, 0.4) is 0 Å². The van der Waals surface area contributed by atoms with Crippen LogP contribution in [0.1, 0.15) is 25.0 Å². The van der Waals surface area contributed by atoms with E-state index in [1.54, 1.807) is 13.8 Å². The van der Waals surface area contributed by atoms with Gasteiger partial charge in [0.15, 0.2) is 0 Å². The van der Waals surface area contributed by atoms with Crippen molar-refractivity contribution in [1.29, 1.82) is 5.26 Å². The van der Waals surface area contributed by atoms with Crippen molar-refractivity contribution in [1.82, 2.24) is 0 Å². The first-order chi connectivity index (χ1) is 12.2. The van der Waals surface area contributed by atoms with Crippen molar-refractivity contribution < 1.29 is 17.9 Å². The molecule has 0 saturated heterocycles. The summed E-state index contributed by atoms with van der Waals surface area (Å²) in [6, 6.07) is 6.14. The zero-order valence-corrected chi connectivity index (χ0v) is 14.9. The lowest BCUT2D eigenvalue weighted by atomic mass is 9.65. The summed E-state index contributed by atoms with van der Waals surface area (Å²) in [4.78, 5) is 4.15. The molecule has 2 aliphatic heterocycles. The van der Waals surface area contributed by atoms with Gasteiger partial charge in [-0.15, -0.1) is 0 Å². The molecule has 2 aliphatic rings. The number of rotatable bonds is 3. The Balaban J connectivity index is 2.28. The summed E-state index contributed by atoms with van der Waals surface area (Å²) in [7, 11) is 0. The van der Waals surface area contributed by atoms with E-state index in [0.717, 1.165) is 0 Å². The quantitative estimate of drug-likeness (QED) is 0.843. The molecule has 8 heteroatoms. The predicted molar refractivity (Wildman–Crippen MR) is 93.3 cm³/mol. The number of hydrogen-bond acceptors (Lipinski definition) is 4. The fraction of sp³-hybridized carbons (Fsp3) is 0.444. The van der Waals surface area contributed by atoms with Gasteiger partial charge in [0.05, 0.1) is 29.4 Å². The number of benzene rings is 1. The van der Waals surface area contributed by atoms with E-state index >= 15 is 0 Å². The van der Waals surface area contributed by atoms with Gasteiger partial charge in [-0.25, -0.2) is 0 Å². The highest BCUT2D eigenvalue weighted by atomic mass is 35.5. The van der Waals surface area contributed by atoms with Crippen LogP contribution in [0.4, 0.5) is 18.9 Å². The van der Waals surface area contributed by atoms with Gasteiger partial charge in [0, 0.05) is 17.8 Å². The third-order valence-corrected chi connectivity index (χ3v) is 4.91. The molecule has 4 nitrogen and oxygen atoms in total. The smallest absolute Gasteiger partial charge is 0.377 e. The molecular formula is C18H17ClF3N3O. The third-order valence-electron chi connectivity index (χ3n) is 4.69. The van der Waals surface area contributed by atoms with E-state index in [9.17, 15) is 13.2 Å². The largest absolute Gasteiger partial charge is 0.401 e. The van der Waals surface area contributed by atoms with E-state index in [0.29, 0.717) is 5.69 Å². The Morgan fingerprint density at radius 1 is 1.42 bits per heavy atom. The normalized spacial score (nSPS) is 27.2. The second-order valence-corrected chi connectivity index (χ2v) is 7.08. The molecule has 26 heavy (non-hydrogen) atoms. The van der Waals surface area contributed by atoms with Crippen LogP contribution in [0.25, 0.3) is 0 Å². The summed E-state index contributed by atoms with van der Waals surface area (Å²) in [6.45, 7) is 2.77. The predicted octanol–water partition coefficient (Wildman–Crippen LogP) is 4.36. The number of hydrogen-bond donors (Lipinski definition) is 1. The molecule has 3 rings (SSSR count). The van der Waals surface area contributed by atoms with E-state index in [1.165, 1.54) is 30.5 Å². The SMILES string of the molecule is CC(C)OCC1(C(F)(F)F)c2cc(C#N)ccc2NC2N=CC(Cl)=C[C@@H]21. The van der Waals surface area contributed by atoms with E-state index in [-0.39, 0.29) is 16.2 Å². The van der Waals surface area contributed by atoms with Gasteiger partial charge in [0.25, 0.3) is 0 Å². The first kappa shape index (κ1) is 18.7. The maximum atomic E-state index is 14.5. The number of dihydropyridines is 1. The Morgan fingerprint density at radius 2 is 2.15 bits per heavy atom. The van der Waals surface area contributed by atoms with Crippen LogP contribution in [0.2, 0.25) is 0 Å². The van der Waals surface area contributed by atoms with Gasteiger partial charge in [0.1, 0.15) is 11.6 Å². The van der Waals surface area contributed by atoms with Crippen molar-refractivity contribution >= 4 is 23.5 Å². The number of fused-ring (bicyclic) bond motifs is 2. The van der Waals surface area contributed by atoms with Crippen LogP contribution < -0.4 is 5.32 Å². The fourth-order valence-corrected chi connectivity index (χ4v) is 3.62. The van der Waals surface area contributed by atoms with Crippen molar-refractivity contribution in [3.63, 3.8) is 0 Å². The zero-order valence-electron chi connectivity index (χ0n) is 14.1. The molecular weight excluding hydrogens is 367 g/mol.